The van der Waals surface area contributed by atoms with Crippen molar-refractivity contribution in [2.75, 3.05) is 13.1 Å². The fourth-order valence-corrected chi connectivity index (χ4v) is 11.1. The van der Waals surface area contributed by atoms with E-state index in [1.807, 2.05) is 41.0 Å². The van der Waals surface area contributed by atoms with Gasteiger partial charge < -0.3 is 18.2 Å². The minimum absolute atomic E-state index is 0.0283. The van der Waals surface area contributed by atoms with Crippen molar-refractivity contribution in [2.45, 2.75) is 87.3 Å². The van der Waals surface area contributed by atoms with Gasteiger partial charge in [-0.3, -0.25) is 19.0 Å². The monoisotopic (exact) mass is 1050 g/mol. The number of amides is 2. The molecule has 0 saturated carbocycles. The normalized spacial score (nSPS) is 21.4. The number of nitrogens with zero attached hydrogens (tertiary/aromatic N) is 6. The first-order valence-electron chi connectivity index (χ1n) is 20.3. The summed E-state index contributed by atoms with van der Waals surface area (Å²) in [6.45, 7) is 1.17. The quantitative estimate of drug-likeness (QED) is 0.0870. The second kappa shape index (κ2) is 18.9. The molecule has 360 valence electrons. The van der Waals surface area contributed by atoms with Gasteiger partial charge >= 0.3 is 31.3 Å². The lowest BCUT2D eigenvalue weighted by molar-refractivity contribution is -0.133. The van der Waals surface area contributed by atoms with Gasteiger partial charge in [-0.15, -0.1) is 0 Å². The number of benzene rings is 2. The second-order valence-electron chi connectivity index (χ2n) is 16.4. The van der Waals surface area contributed by atoms with Crippen LogP contribution in [-0.4, -0.2) is 94.2 Å². The average Bonchev–Trinajstić information content (AvgIpc) is 3.97. The molecule has 2 unspecified atom stereocenters. The zero-order valence-corrected chi connectivity index (χ0v) is 39.5. The molecule has 26 heteroatoms. The number of carbonyl (C=O) groups excluding carboxylic acids is 2. The summed E-state index contributed by atoms with van der Waals surface area (Å²) in [7, 11) is -7.93. The molecule has 4 heterocycles. The smallest absolute Gasteiger partial charge is 0.376 e. The largest absolute Gasteiger partial charge is 0.534 e. The molecule has 4 aliphatic rings. The maximum Gasteiger partial charge on any atom is 0.534 e. The van der Waals surface area contributed by atoms with Crippen molar-refractivity contribution in [1.29, 1.82) is 0 Å². The zero-order valence-electron chi connectivity index (χ0n) is 34.8. The van der Waals surface area contributed by atoms with Crippen LogP contribution in [0.5, 0.6) is 11.5 Å². The zero-order chi connectivity index (χ0) is 48.3. The molecular formula is C40H40Cl4F6N6O8S2. The predicted molar refractivity (Wildman–Crippen MR) is 229 cm³/mol. The Hall–Kier alpha value is -3.96. The Morgan fingerprint density at radius 1 is 0.667 bits per heavy atom. The molecule has 2 amide bonds. The van der Waals surface area contributed by atoms with Crippen LogP contribution in [0, 0.1) is 11.8 Å². The minimum Gasteiger partial charge on any atom is -0.376 e. The van der Waals surface area contributed by atoms with Crippen molar-refractivity contribution in [3.05, 3.63) is 90.4 Å². The van der Waals surface area contributed by atoms with Gasteiger partial charge in [-0.2, -0.15) is 53.4 Å². The molecular weight excluding hydrogens is 1010 g/mol. The highest BCUT2D eigenvalue weighted by Gasteiger charge is 2.50. The average molecular weight is 1050 g/mol. The van der Waals surface area contributed by atoms with Gasteiger partial charge in [-0.05, 0) is 86.5 Å². The molecule has 2 saturated heterocycles. The highest BCUT2D eigenvalue weighted by molar-refractivity contribution is 7.88. The maximum atomic E-state index is 13.1. The molecule has 2 aromatic carbocycles. The van der Waals surface area contributed by atoms with Gasteiger partial charge in [0.15, 0.2) is 0 Å². The number of alkyl halides is 6. The van der Waals surface area contributed by atoms with Crippen LogP contribution in [0.2, 0.25) is 20.1 Å². The van der Waals surface area contributed by atoms with E-state index >= 15 is 0 Å². The van der Waals surface area contributed by atoms with Gasteiger partial charge in [0.05, 0.1) is 11.9 Å². The van der Waals surface area contributed by atoms with Crippen LogP contribution in [0.4, 0.5) is 26.3 Å². The number of rotatable bonds is 10. The topological polar surface area (TPSA) is 163 Å². The highest BCUT2D eigenvalue weighted by atomic mass is 35.5. The van der Waals surface area contributed by atoms with E-state index in [1.165, 1.54) is 5.69 Å². The van der Waals surface area contributed by atoms with E-state index in [9.17, 15) is 52.8 Å². The van der Waals surface area contributed by atoms with Gasteiger partial charge in [0, 0.05) is 107 Å². The lowest BCUT2D eigenvalue weighted by atomic mass is 9.92. The lowest BCUT2D eigenvalue weighted by Gasteiger charge is -2.31. The summed E-state index contributed by atoms with van der Waals surface area (Å²) in [4.78, 5) is 29.9. The van der Waals surface area contributed by atoms with Crippen LogP contribution in [0.15, 0.2) is 36.7 Å². The molecule has 0 spiro atoms. The van der Waals surface area contributed by atoms with Crippen LogP contribution < -0.4 is 8.37 Å². The number of hydrogen-bond donors (Lipinski definition) is 0. The molecule has 2 aliphatic carbocycles. The van der Waals surface area contributed by atoms with Crippen molar-refractivity contribution in [1.82, 2.24) is 29.4 Å². The fourth-order valence-electron chi connectivity index (χ4n) is 8.93. The Bertz CT molecular complexity index is 2590. The van der Waals surface area contributed by atoms with Crippen LogP contribution in [0.1, 0.15) is 59.3 Å². The third-order valence-corrected chi connectivity index (χ3v) is 15.5. The number of fused-ring (bicyclic) bond motifs is 2. The maximum absolute atomic E-state index is 13.1. The molecule has 66 heavy (non-hydrogen) atoms. The molecule has 0 bridgehead atoms. The van der Waals surface area contributed by atoms with E-state index in [-0.39, 0.29) is 68.7 Å². The number of carbonyl (C=O) groups is 2. The van der Waals surface area contributed by atoms with Crippen molar-refractivity contribution >= 4 is 78.5 Å². The Morgan fingerprint density at radius 2 is 1.09 bits per heavy atom. The molecule has 0 radical (unpaired) electrons. The molecule has 4 atom stereocenters. The molecule has 0 N–H and O–H groups in total. The number of hydrogen-bond acceptors (Lipinski definition) is 10. The summed E-state index contributed by atoms with van der Waals surface area (Å²) >= 11 is 24.7. The highest BCUT2D eigenvalue weighted by Crippen LogP contribution is 2.40. The molecule has 2 fully saturated rings. The first-order valence-corrected chi connectivity index (χ1v) is 24.6. The third-order valence-electron chi connectivity index (χ3n) is 12.2. The molecule has 2 aliphatic heterocycles. The summed E-state index contributed by atoms with van der Waals surface area (Å²) in [5.74, 6) is -2.14. The van der Waals surface area contributed by atoms with E-state index in [2.05, 4.69) is 18.6 Å². The summed E-state index contributed by atoms with van der Waals surface area (Å²) in [6, 6.07) is 3.97. The third kappa shape index (κ3) is 10.5. The van der Waals surface area contributed by atoms with Gasteiger partial charge in [0.2, 0.25) is 11.8 Å². The molecule has 14 nitrogen and oxygen atoms in total. The van der Waals surface area contributed by atoms with E-state index in [0.29, 0.717) is 37.1 Å². The minimum atomic E-state index is -5.85. The number of halogens is 10. The van der Waals surface area contributed by atoms with E-state index in [1.54, 1.807) is 4.68 Å². The van der Waals surface area contributed by atoms with Gasteiger partial charge in [0.25, 0.3) is 0 Å². The summed E-state index contributed by atoms with van der Waals surface area (Å²) in [5.41, 5.74) is -5.93. The lowest BCUT2D eigenvalue weighted by Crippen LogP contribution is -2.41. The van der Waals surface area contributed by atoms with Gasteiger partial charge in [0.1, 0.15) is 11.5 Å². The summed E-state index contributed by atoms with van der Waals surface area (Å²) < 4.78 is 132. The van der Waals surface area contributed by atoms with Crippen LogP contribution in [0.25, 0.3) is 0 Å². The predicted octanol–water partition coefficient (Wildman–Crippen LogP) is 7.81. The number of aryl methyl sites for hydroxylation is 3. The Morgan fingerprint density at radius 3 is 1.53 bits per heavy atom. The fraction of sp³-hybridized carbons (Fsp3) is 0.500. The Kier molecular flexibility index (Phi) is 14.3. The van der Waals surface area contributed by atoms with Crippen molar-refractivity contribution in [3.8, 4) is 11.5 Å². The first kappa shape index (κ1) is 49.9. The van der Waals surface area contributed by atoms with Crippen molar-refractivity contribution in [3.63, 3.8) is 0 Å². The van der Waals surface area contributed by atoms with E-state index in [0.717, 1.165) is 79.6 Å². The second-order valence-corrected chi connectivity index (χ2v) is 21.2. The van der Waals surface area contributed by atoms with Crippen molar-refractivity contribution < 1.29 is 61.1 Å². The summed E-state index contributed by atoms with van der Waals surface area (Å²) in [6.07, 6.45) is 10.1. The Balaban J connectivity index is 0.000000196. The first-order chi connectivity index (χ1) is 30.7. The molecule has 4 aromatic rings. The number of aromatic nitrogens is 4. The van der Waals surface area contributed by atoms with Crippen LogP contribution in [0.3, 0.4) is 0 Å². The van der Waals surface area contributed by atoms with Crippen LogP contribution >= 0.6 is 46.4 Å². The standard InChI is InChI=1S/2C20H20Cl2F3N3O4S/c1-27-10-12-6-13(2-3-18(12)26-27)28-5-4-11(19(28)29)7-15-16(21)8-14(9-17(15)22)32-33(30,31)20(23,24)25;1-27-18-3-2-13(6-12(18)10-26-27)28-5-4-11(19(28)29)7-15-16(21)8-14(9-17(15)22)32-33(30,31)20(23,24)25/h2*8-11,13H,2-7H2,1H3/t2*11-,13?/m00/s1. The molecule has 8 rings (SSSR count). The SMILES string of the molecule is Cn1cc2c(n1)CCC(N1CC[C@@H](Cc3c(Cl)cc(OS(=O)(=O)C(F)(F)F)cc3Cl)C1=O)C2.Cn1ncc2c1CCC(N1CC[C@@H](Cc3c(Cl)cc(OS(=O)(=O)C(F)(F)F)cc3Cl)C1=O)C2. The van der Waals surface area contributed by atoms with E-state index in [4.69, 9.17) is 46.4 Å². The van der Waals surface area contributed by atoms with E-state index < -0.39 is 42.8 Å². The van der Waals surface area contributed by atoms with Crippen molar-refractivity contribution in [2.24, 2.45) is 25.9 Å². The van der Waals surface area contributed by atoms with Crippen LogP contribution in [-0.2, 0) is 82.4 Å². The Labute approximate surface area is 395 Å². The number of likely N-dealkylation sites (tertiary alicyclic amines) is 2. The van der Waals surface area contributed by atoms with Gasteiger partial charge in [-0.25, -0.2) is 0 Å². The molecule has 2 aromatic heterocycles. The summed E-state index contributed by atoms with van der Waals surface area (Å²) in [5, 5.41) is 8.44. The van der Waals surface area contributed by atoms with Gasteiger partial charge in [-0.1, -0.05) is 46.4 Å².